The van der Waals surface area contributed by atoms with E-state index in [-0.39, 0.29) is 12.5 Å². The first-order valence-corrected chi connectivity index (χ1v) is 6.95. The number of carbonyl (C=O) groups is 2. The molecule has 1 aromatic rings. The first kappa shape index (κ1) is 15.1. The smallest absolute Gasteiger partial charge is 0.254 e. The van der Waals surface area contributed by atoms with Gasteiger partial charge in [-0.1, -0.05) is 17.9 Å². The molecule has 0 bridgehead atoms. The van der Waals surface area contributed by atoms with E-state index >= 15 is 0 Å². The maximum atomic E-state index is 12.7. The van der Waals surface area contributed by atoms with E-state index in [4.69, 9.17) is 11.5 Å². The highest BCUT2D eigenvalue weighted by Gasteiger charge is 2.33. The number of likely N-dealkylation sites (tertiary alicyclic amines) is 1. The second kappa shape index (κ2) is 6.42. The maximum Gasteiger partial charge on any atom is 0.254 e. The van der Waals surface area contributed by atoms with Gasteiger partial charge in [0.2, 0.25) is 5.91 Å². The van der Waals surface area contributed by atoms with Gasteiger partial charge in [0.25, 0.3) is 5.91 Å². The quantitative estimate of drug-likeness (QED) is 0.771. The molecular formula is C16H19N3O2. The third kappa shape index (κ3) is 3.06. The minimum absolute atomic E-state index is 0.162. The van der Waals surface area contributed by atoms with Crippen LogP contribution >= 0.6 is 0 Å². The molecule has 1 aliphatic rings. The largest absolute Gasteiger partial charge is 0.368 e. The van der Waals surface area contributed by atoms with Gasteiger partial charge in [-0.15, -0.1) is 0 Å². The number of hydrogen-bond acceptors (Lipinski definition) is 3. The zero-order valence-corrected chi connectivity index (χ0v) is 12.1. The van der Waals surface area contributed by atoms with Gasteiger partial charge in [0, 0.05) is 17.7 Å². The summed E-state index contributed by atoms with van der Waals surface area (Å²) in [5.74, 6) is 5.13. The fraction of sp³-hybridized carbons (Fsp3) is 0.375. The summed E-state index contributed by atoms with van der Waals surface area (Å²) >= 11 is 0. The van der Waals surface area contributed by atoms with Crippen LogP contribution in [0.1, 0.15) is 34.3 Å². The van der Waals surface area contributed by atoms with E-state index in [0.29, 0.717) is 18.5 Å². The molecule has 110 valence electrons. The predicted octanol–water partition coefficient (Wildman–Crippen LogP) is 0.395. The van der Waals surface area contributed by atoms with E-state index in [0.717, 1.165) is 17.5 Å². The lowest BCUT2D eigenvalue weighted by Crippen LogP contribution is -2.43. The standard InChI is InChI=1S/C16H19N3O2/c1-11-12(6-3-9-17)5-2-7-13(11)16(21)19-10-4-8-14(19)15(18)20/h2,5,7,14H,4,8-10,17H2,1H3,(H2,18,20). The molecule has 5 heteroatoms. The molecule has 21 heavy (non-hydrogen) atoms. The summed E-state index contributed by atoms with van der Waals surface area (Å²) in [6.07, 6.45) is 1.43. The summed E-state index contributed by atoms with van der Waals surface area (Å²) in [5.41, 5.74) is 12.9. The van der Waals surface area contributed by atoms with E-state index < -0.39 is 11.9 Å². The number of carbonyl (C=O) groups excluding carboxylic acids is 2. The number of amides is 2. The van der Waals surface area contributed by atoms with Crippen molar-refractivity contribution in [2.24, 2.45) is 11.5 Å². The molecule has 1 unspecified atom stereocenters. The lowest BCUT2D eigenvalue weighted by molar-refractivity contribution is -0.121. The Morgan fingerprint density at radius 2 is 2.19 bits per heavy atom. The van der Waals surface area contributed by atoms with Crippen molar-refractivity contribution in [3.8, 4) is 11.8 Å². The molecule has 0 saturated carbocycles. The summed E-state index contributed by atoms with van der Waals surface area (Å²) in [5, 5.41) is 0. The van der Waals surface area contributed by atoms with Crippen LogP contribution in [0.5, 0.6) is 0 Å². The summed E-state index contributed by atoms with van der Waals surface area (Å²) in [6.45, 7) is 2.68. The molecule has 1 heterocycles. The van der Waals surface area contributed by atoms with Crippen LogP contribution < -0.4 is 11.5 Å². The van der Waals surface area contributed by atoms with Gasteiger partial charge in [0.1, 0.15) is 6.04 Å². The van der Waals surface area contributed by atoms with Crippen LogP contribution in [0.15, 0.2) is 18.2 Å². The molecule has 1 atom stereocenters. The highest BCUT2D eigenvalue weighted by Crippen LogP contribution is 2.22. The minimum atomic E-state index is -0.504. The molecule has 0 aliphatic carbocycles. The minimum Gasteiger partial charge on any atom is -0.368 e. The van der Waals surface area contributed by atoms with Gasteiger partial charge in [-0.3, -0.25) is 9.59 Å². The first-order valence-electron chi connectivity index (χ1n) is 6.95. The molecule has 4 N–H and O–H groups in total. The Balaban J connectivity index is 2.33. The third-order valence-corrected chi connectivity index (χ3v) is 3.73. The lowest BCUT2D eigenvalue weighted by Gasteiger charge is -2.23. The maximum absolute atomic E-state index is 12.7. The molecule has 1 aliphatic heterocycles. The van der Waals surface area contributed by atoms with E-state index in [1.807, 2.05) is 13.0 Å². The van der Waals surface area contributed by atoms with Crippen molar-refractivity contribution in [3.05, 3.63) is 34.9 Å². The zero-order valence-electron chi connectivity index (χ0n) is 12.1. The Kier molecular flexibility index (Phi) is 4.61. The van der Waals surface area contributed by atoms with Gasteiger partial charge in [0.15, 0.2) is 0 Å². The zero-order chi connectivity index (χ0) is 15.4. The molecular weight excluding hydrogens is 266 g/mol. The van der Waals surface area contributed by atoms with Crippen LogP contribution in [0.25, 0.3) is 0 Å². The van der Waals surface area contributed by atoms with E-state index in [2.05, 4.69) is 11.8 Å². The fourth-order valence-electron chi connectivity index (χ4n) is 2.61. The van der Waals surface area contributed by atoms with E-state index in [1.165, 1.54) is 0 Å². The van der Waals surface area contributed by atoms with Gasteiger partial charge in [-0.25, -0.2) is 0 Å². The number of primary amides is 1. The highest BCUT2D eigenvalue weighted by molar-refractivity contribution is 5.99. The van der Waals surface area contributed by atoms with Crippen LogP contribution in [0.3, 0.4) is 0 Å². The van der Waals surface area contributed by atoms with Crippen molar-refractivity contribution in [3.63, 3.8) is 0 Å². The number of nitrogens with zero attached hydrogens (tertiary/aromatic N) is 1. The summed E-state index contributed by atoms with van der Waals surface area (Å²) in [6, 6.07) is 4.89. The van der Waals surface area contributed by atoms with Gasteiger partial charge >= 0.3 is 0 Å². The third-order valence-electron chi connectivity index (χ3n) is 3.73. The van der Waals surface area contributed by atoms with Crippen LogP contribution in [-0.4, -0.2) is 35.8 Å². The van der Waals surface area contributed by atoms with Crippen LogP contribution in [0, 0.1) is 18.8 Å². The predicted molar refractivity (Wildman–Crippen MR) is 80.4 cm³/mol. The molecule has 1 aromatic carbocycles. The number of rotatable bonds is 2. The van der Waals surface area contributed by atoms with E-state index in [1.54, 1.807) is 17.0 Å². The highest BCUT2D eigenvalue weighted by atomic mass is 16.2. The lowest BCUT2D eigenvalue weighted by atomic mass is 10.0. The van der Waals surface area contributed by atoms with Crippen LogP contribution in [0.4, 0.5) is 0 Å². The van der Waals surface area contributed by atoms with Crippen molar-refractivity contribution in [2.45, 2.75) is 25.8 Å². The van der Waals surface area contributed by atoms with Crippen molar-refractivity contribution in [1.29, 1.82) is 0 Å². The summed E-state index contributed by atoms with van der Waals surface area (Å²) < 4.78 is 0. The fourth-order valence-corrected chi connectivity index (χ4v) is 2.61. The van der Waals surface area contributed by atoms with Crippen molar-refractivity contribution in [1.82, 2.24) is 4.90 Å². The number of hydrogen-bond donors (Lipinski definition) is 2. The molecule has 0 radical (unpaired) electrons. The molecule has 0 aromatic heterocycles. The Morgan fingerprint density at radius 1 is 1.43 bits per heavy atom. The first-order chi connectivity index (χ1) is 10.1. The topological polar surface area (TPSA) is 89.4 Å². The van der Waals surface area contributed by atoms with Crippen molar-refractivity contribution in [2.75, 3.05) is 13.1 Å². The summed E-state index contributed by atoms with van der Waals surface area (Å²) in [4.78, 5) is 25.6. The molecule has 0 spiro atoms. The van der Waals surface area contributed by atoms with Crippen molar-refractivity contribution < 1.29 is 9.59 Å². The number of benzene rings is 1. The SMILES string of the molecule is Cc1c(C#CCN)cccc1C(=O)N1CCCC1C(N)=O. The Bertz CT molecular complexity index is 628. The van der Waals surface area contributed by atoms with Crippen LogP contribution in [-0.2, 0) is 4.79 Å². The van der Waals surface area contributed by atoms with Gasteiger partial charge < -0.3 is 16.4 Å². The Morgan fingerprint density at radius 3 is 2.86 bits per heavy atom. The van der Waals surface area contributed by atoms with E-state index in [9.17, 15) is 9.59 Å². The number of nitrogens with two attached hydrogens (primary N) is 2. The molecule has 1 saturated heterocycles. The normalized spacial score (nSPS) is 17.2. The average Bonchev–Trinajstić information content (AvgIpc) is 2.95. The van der Waals surface area contributed by atoms with Crippen molar-refractivity contribution >= 4 is 11.8 Å². The van der Waals surface area contributed by atoms with Gasteiger partial charge in [-0.2, -0.15) is 0 Å². The summed E-state index contributed by atoms with van der Waals surface area (Å²) in [7, 11) is 0. The Hall–Kier alpha value is -2.32. The van der Waals surface area contributed by atoms with Gasteiger partial charge in [0.05, 0.1) is 6.54 Å². The van der Waals surface area contributed by atoms with Gasteiger partial charge in [-0.05, 0) is 37.5 Å². The molecule has 5 nitrogen and oxygen atoms in total. The monoisotopic (exact) mass is 285 g/mol. The molecule has 2 amide bonds. The molecule has 2 rings (SSSR count). The second-order valence-electron chi connectivity index (χ2n) is 5.04. The van der Waals surface area contributed by atoms with Crippen LogP contribution in [0.2, 0.25) is 0 Å². The molecule has 1 fully saturated rings. The Labute approximate surface area is 124 Å². The average molecular weight is 285 g/mol. The second-order valence-corrected chi connectivity index (χ2v) is 5.04.